The summed E-state index contributed by atoms with van der Waals surface area (Å²) in [6.07, 6.45) is 13.5. The van der Waals surface area contributed by atoms with Crippen LogP contribution in [0, 0.1) is 0 Å². The molecule has 4 heteroatoms. The maximum atomic E-state index is 6.83. The molecule has 1 atom stereocenters. The third kappa shape index (κ3) is 3.90. The molecule has 0 fully saturated rings. The number of allylic oxidation sites excluding steroid dienone is 12. The summed E-state index contributed by atoms with van der Waals surface area (Å²) >= 11 is -2.85. The van der Waals surface area contributed by atoms with Crippen molar-refractivity contribution in [1.29, 1.82) is 0 Å². The third-order valence-corrected chi connectivity index (χ3v) is 14.4. The number of rotatable bonds is 4. The van der Waals surface area contributed by atoms with E-state index >= 15 is 0 Å². The first-order valence-corrected chi connectivity index (χ1v) is 23.8. The molecule has 0 saturated carbocycles. The Morgan fingerprint density at radius 2 is 1.83 bits per heavy atom. The van der Waals surface area contributed by atoms with E-state index in [1.54, 1.807) is 5.17 Å². The topological polar surface area (TPSA) is 0 Å². The van der Waals surface area contributed by atoms with E-state index in [1.165, 1.54) is 42.3 Å². The molecule has 1 aromatic carbocycles. The van der Waals surface area contributed by atoms with Gasteiger partial charge in [0.05, 0.1) is 0 Å². The normalized spacial score (nSPS) is 20.8. The number of fused-ring (bicyclic) bond motifs is 1. The van der Waals surface area contributed by atoms with Gasteiger partial charge in [0.25, 0.3) is 0 Å². The molecule has 0 saturated heterocycles. The molecule has 30 heavy (non-hydrogen) atoms. The van der Waals surface area contributed by atoms with E-state index < -0.39 is 27.5 Å². The predicted molar refractivity (Wildman–Crippen MR) is 131 cm³/mol. The quantitative estimate of drug-likeness (QED) is 0.301. The number of hydrogen-bond donors (Lipinski definition) is 0. The fraction of sp³-hybridized carbons (Fsp3) is 0.269. The average molecular weight is 617 g/mol. The van der Waals surface area contributed by atoms with Crippen LogP contribution in [0.15, 0.2) is 97.5 Å². The molecule has 0 nitrogen and oxygen atoms in total. The summed E-state index contributed by atoms with van der Waals surface area (Å²) in [6, 6.07) is 11.0. The van der Waals surface area contributed by atoms with Crippen molar-refractivity contribution >= 4 is 30.7 Å². The second kappa shape index (κ2) is 9.36. The van der Waals surface area contributed by atoms with Gasteiger partial charge in [0.2, 0.25) is 0 Å². The van der Waals surface area contributed by atoms with Crippen molar-refractivity contribution in [3.05, 3.63) is 103 Å². The van der Waals surface area contributed by atoms with E-state index in [9.17, 15) is 0 Å². The Morgan fingerprint density at radius 1 is 1.10 bits per heavy atom. The van der Waals surface area contributed by atoms with Crippen molar-refractivity contribution in [2.75, 3.05) is 0 Å². The van der Waals surface area contributed by atoms with Crippen molar-refractivity contribution < 1.29 is 19.1 Å². The summed E-state index contributed by atoms with van der Waals surface area (Å²) < 4.78 is 1.32. The van der Waals surface area contributed by atoms with Crippen molar-refractivity contribution in [2.45, 2.75) is 45.7 Å². The van der Waals surface area contributed by atoms with E-state index in [2.05, 4.69) is 87.7 Å². The van der Waals surface area contributed by atoms with Crippen LogP contribution in [0.2, 0.25) is 13.1 Å². The maximum absolute atomic E-state index is 6.83. The number of benzene rings is 1. The molecule has 0 aromatic heterocycles. The van der Waals surface area contributed by atoms with Gasteiger partial charge in [0.15, 0.2) is 0 Å². The first-order chi connectivity index (χ1) is 14.5. The van der Waals surface area contributed by atoms with Crippen LogP contribution in [0.4, 0.5) is 0 Å². The van der Waals surface area contributed by atoms with Gasteiger partial charge < -0.3 is 0 Å². The van der Waals surface area contributed by atoms with Crippen LogP contribution >= 0.6 is 17.2 Å². The number of hydrogen-bond acceptors (Lipinski definition) is 0. The van der Waals surface area contributed by atoms with E-state index in [0.717, 1.165) is 12.8 Å². The van der Waals surface area contributed by atoms with Crippen molar-refractivity contribution in [3.63, 3.8) is 0 Å². The average Bonchev–Trinajstić information content (AvgIpc) is 3.21. The second-order valence-corrected chi connectivity index (χ2v) is 22.3. The van der Waals surface area contributed by atoms with Crippen LogP contribution in [0.3, 0.4) is 0 Å². The summed E-state index contributed by atoms with van der Waals surface area (Å²) in [5.74, 6) is 0.272. The zero-order valence-corrected chi connectivity index (χ0v) is 24.1. The third-order valence-electron chi connectivity index (χ3n) is 6.29. The molecule has 0 N–H and O–H groups in total. The zero-order chi connectivity index (χ0) is 21.4. The Labute approximate surface area is 197 Å². The van der Waals surface area contributed by atoms with E-state index in [4.69, 9.17) is 17.2 Å². The molecule has 153 valence electrons. The van der Waals surface area contributed by atoms with Crippen LogP contribution in [0.1, 0.15) is 38.2 Å². The minimum atomic E-state index is -2.85. The Hall–Kier alpha value is -0.803. The Bertz CT molecular complexity index is 1090. The molecule has 0 radical (unpaired) electrons. The molecule has 0 bridgehead atoms. The van der Waals surface area contributed by atoms with Crippen molar-refractivity contribution in [2.24, 2.45) is 0 Å². The molecule has 0 amide bonds. The van der Waals surface area contributed by atoms with Gasteiger partial charge in [0, 0.05) is 0 Å². The standard InChI is InChI=1S/C26H27Si.2ClH.Hf/c1-5-19-17-21-14-10-16-23(27(3)4)25(20-12-7-6-8-13-20)26(21)24(19)22-15-9-11-18(22)2;;;/h6-14,16,25H,5,15H2,1-4H3;2*1H;/q;;;+2/p-2. The molecular formula is C26H27Cl2HfSi. The Morgan fingerprint density at radius 3 is 2.40 bits per heavy atom. The summed E-state index contributed by atoms with van der Waals surface area (Å²) in [4.78, 5) is 0. The van der Waals surface area contributed by atoms with E-state index in [1.807, 2.05) is 0 Å². The van der Waals surface area contributed by atoms with Gasteiger partial charge in [-0.05, 0) is 0 Å². The van der Waals surface area contributed by atoms with Crippen LogP contribution in [-0.2, 0) is 19.1 Å². The summed E-state index contributed by atoms with van der Waals surface area (Å²) in [5, 5.41) is 1.56. The van der Waals surface area contributed by atoms with Gasteiger partial charge in [-0.15, -0.1) is 0 Å². The molecule has 0 heterocycles. The van der Waals surface area contributed by atoms with Crippen molar-refractivity contribution in [3.8, 4) is 0 Å². The van der Waals surface area contributed by atoms with Gasteiger partial charge in [-0.2, -0.15) is 0 Å². The molecular weight excluding hydrogens is 590 g/mol. The van der Waals surface area contributed by atoms with Crippen LogP contribution in [0.25, 0.3) is 0 Å². The SMILES string of the molecule is CCC1=[C]([Hf]([Cl])[Cl])C2=CC=CC(=[Si](C)C)C(c3ccccc3)C2=C1C1=C(C)C=CC1. The zero-order valence-electron chi connectivity index (χ0n) is 18.0. The predicted octanol–water partition coefficient (Wildman–Crippen LogP) is 7.95. The van der Waals surface area contributed by atoms with E-state index in [0.29, 0.717) is 0 Å². The molecule has 3 aliphatic carbocycles. The first-order valence-electron chi connectivity index (χ1n) is 10.6. The van der Waals surface area contributed by atoms with Crippen LogP contribution in [0.5, 0.6) is 0 Å². The fourth-order valence-electron chi connectivity index (χ4n) is 4.97. The second-order valence-electron chi connectivity index (χ2n) is 8.26. The van der Waals surface area contributed by atoms with Gasteiger partial charge in [-0.3, -0.25) is 0 Å². The molecule has 0 aliphatic heterocycles. The molecule has 3 aliphatic rings. The molecule has 4 rings (SSSR count). The fourth-order valence-corrected chi connectivity index (χ4v) is 13.2. The number of halogens is 2. The van der Waals surface area contributed by atoms with Gasteiger partial charge in [-0.1, -0.05) is 0 Å². The summed E-state index contributed by atoms with van der Waals surface area (Å²) in [5.41, 5.74) is 9.86. The first kappa shape index (κ1) is 22.4. The Kier molecular flexibility index (Phi) is 6.99. The van der Waals surface area contributed by atoms with Crippen LogP contribution in [-0.4, -0.2) is 13.6 Å². The Balaban J connectivity index is 2.10. The van der Waals surface area contributed by atoms with Gasteiger partial charge in [-0.25, -0.2) is 0 Å². The van der Waals surface area contributed by atoms with Crippen molar-refractivity contribution in [1.82, 2.24) is 0 Å². The van der Waals surface area contributed by atoms with Crippen LogP contribution < -0.4 is 0 Å². The van der Waals surface area contributed by atoms with Gasteiger partial charge >= 0.3 is 199 Å². The monoisotopic (exact) mass is 617 g/mol. The molecule has 0 spiro atoms. The van der Waals surface area contributed by atoms with E-state index in [-0.39, 0.29) is 5.92 Å². The summed E-state index contributed by atoms with van der Waals surface area (Å²) in [6.45, 7) is 9.32. The van der Waals surface area contributed by atoms with Gasteiger partial charge in [0.1, 0.15) is 0 Å². The minimum absolute atomic E-state index is 0.272. The molecule has 1 aromatic rings. The summed E-state index contributed by atoms with van der Waals surface area (Å²) in [7, 11) is 13.0. The molecule has 1 unspecified atom stereocenters.